The predicted octanol–water partition coefficient (Wildman–Crippen LogP) is 4.23. The molecule has 0 saturated heterocycles. The van der Waals surface area contributed by atoms with Crippen LogP contribution in [-0.4, -0.2) is 21.6 Å². The smallest absolute Gasteiger partial charge is 0.133 e. The predicted molar refractivity (Wildman–Crippen MR) is 89.9 cm³/mol. The summed E-state index contributed by atoms with van der Waals surface area (Å²) in [4.78, 5) is 2.16. The molecule has 2 aromatic rings. The summed E-state index contributed by atoms with van der Waals surface area (Å²) in [6.07, 6.45) is 3.61. The Morgan fingerprint density at radius 1 is 1.33 bits per heavy atom. The number of ether oxygens (including phenoxy) is 1. The van der Waals surface area contributed by atoms with E-state index in [0.717, 1.165) is 21.9 Å². The van der Waals surface area contributed by atoms with Gasteiger partial charge < -0.3 is 9.64 Å². The Morgan fingerprint density at radius 2 is 2.17 bits per heavy atom. The molecule has 3 rings (SSSR count). The fraction of sp³-hybridized carbons (Fsp3) is 0.235. The number of H-pyrrole nitrogens is 1. The molecule has 1 aliphatic rings. The first-order valence-electron chi connectivity index (χ1n) is 7.40. The van der Waals surface area contributed by atoms with Gasteiger partial charge in [0, 0.05) is 23.5 Å². The molecule has 2 heterocycles. The van der Waals surface area contributed by atoms with Crippen LogP contribution in [0.1, 0.15) is 18.2 Å². The van der Waals surface area contributed by atoms with E-state index in [2.05, 4.69) is 31.0 Å². The summed E-state index contributed by atoms with van der Waals surface area (Å²) < 4.78 is 33.2. The van der Waals surface area contributed by atoms with Crippen LogP contribution in [0.2, 0.25) is 0 Å². The van der Waals surface area contributed by atoms with Crippen molar-refractivity contribution in [3.8, 4) is 0 Å². The van der Waals surface area contributed by atoms with E-state index in [1.165, 1.54) is 12.1 Å². The molecule has 0 unspecified atom stereocenters. The molecular formula is C17H16BrF2N3O. The zero-order chi connectivity index (χ0) is 17.1. The Balaban J connectivity index is 1.66. The molecule has 0 atom stereocenters. The second-order valence-electron chi connectivity index (χ2n) is 5.52. The number of benzene rings is 1. The molecule has 1 aromatic carbocycles. The summed E-state index contributed by atoms with van der Waals surface area (Å²) in [6, 6.07) is 5.40. The van der Waals surface area contributed by atoms with Crippen molar-refractivity contribution in [1.82, 2.24) is 15.1 Å². The average molecular weight is 396 g/mol. The first-order chi connectivity index (χ1) is 11.5. The quantitative estimate of drug-likeness (QED) is 0.823. The number of hydrogen-bond acceptors (Lipinski definition) is 3. The van der Waals surface area contributed by atoms with Gasteiger partial charge in [0.05, 0.1) is 23.3 Å². The highest BCUT2D eigenvalue weighted by Crippen LogP contribution is 2.27. The molecule has 0 saturated carbocycles. The highest BCUT2D eigenvalue weighted by atomic mass is 79.9. The number of nitrogens with zero attached hydrogens (tertiary/aromatic N) is 2. The standard InChI is InChI=1S/C17H16BrF2N3O/c1-11-6-17(24-10-12-2-3-13(19)7-16(12)20)15(18)9-23(11)8-14-4-5-21-22-14/h2-7H,8-10H2,1H3,(H,21,22). The molecule has 1 N–H and O–H groups in total. The minimum absolute atomic E-state index is 0.0425. The highest BCUT2D eigenvalue weighted by molar-refractivity contribution is 9.11. The third-order valence-electron chi connectivity index (χ3n) is 3.75. The van der Waals surface area contributed by atoms with E-state index in [0.29, 0.717) is 24.4 Å². The lowest BCUT2D eigenvalue weighted by atomic mass is 10.2. The Morgan fingerprint density at radius 3 is 2.88 bits per heavy atom. The van der Waals surface area contributed by atoms with Crippen LogP contribution in [0.5, 0.6) is 0 Å². The van der Waals surface area contributed by atoms with Crippen molar-refractivity contribution in [2.75, 3.05) is 6.54 Å². The van der Waals surface area contributed by atoms with Gasteiger partial charge in [-0.25, -0.2) is 8.78 Å². The summed E-state index contributed by atoms with van der Waals surface area (Å²) in [5.41, 5.74) is 2.36. The summed E-state index contributed by atoms with van der Waals surface area (Å²) >= 11 is 3.52. The van der Waals surface area contributed by atoms with Crippen LogP contribution < -0.4 is 0 Å². The van der Waals surface area contributed by atoms with Gasteiger partial charge in [0.1, 0.15) is 24.0 Å². The van der Waals surface area contributed by atoms with E-state index in [-0.39, 0.29) is 6.61 Å². The van der Waals surface area contributed by atoms with Gasteiger partial charge in [0.25, 0.3) is 0 Å². The number of hydrogen-bond donors (Lipinski definition) is 1. The molecular weight excluding hydrogens is 380 g/mol. The van der Waals surface area contributed by atoms with Crippen LogP contribution in [0.15, 0.2) is 52.5 Å². The largest absolute Gasteiger partial charge is 0.488 e. The van der Waals surface area contributed by atoms with Crippen molar-refractivity contribution in [3.63, 3.8) is 0 Å². The van der Waals surface area contributed by atoms with Crippen molar-refractivity contribution < 1.29 is 13.5 Å². The molecule has 4 nitrogen and oxygen atoms in total. The van der Waals surface area contributed by atoms with Crippen molar-refractivity contribution >= 4 is 15.9 Å². The Kier molecular flexibility index (Phi) is 4.99. The van der Waals surface area contributed by atoms with Crippen molar-refractivity contribution in [2.45, 2.75) is 20.1 Å². The van der Waals surface area contributed by atoms with Gasteiger partial charge in [-0.2, -0.15) is 5.10 Å². The van der Waals surface area contributed by atoms with Crippen LogP contribution in [0.25, 0.3) is 0 Å². The normalized spacial score (nSPS) is 14.8. The van der Waals surface area contributed by atoms with Gasteiger partial charge in [-0.3, -0.25) is 5.10 Å². The minimum Gasteiger partial charge on any atom is -0.488 e. The van der Waals surface area contributed by atoms with Gasteiger partial charge in [-0.1, -0.05) is 0 Å². The molecule has 1 aromatic heterocycles. The van der Waals surface area contributed by atoms with Crippen LogP contribution in [0.4, 0.5) is 8.78 Å². The lowest BCUT2D eigenvalue weighted by Crippen LogP contribution is -2.26. The van der Waals surface area contributed by atoms with E-state index >= 15 is 0 Å². The minimum atomic E-state index is -0.607. The average Bonchev–Trinajstić information content (AvgIpc) is 3.03. The number of aromatic amines is 1. The zero-order valence-electron chi connectivity index (χ0n) is 13.0. The summed E-state index contributed by atoms with van der Waals surface area (Å²) in [7, 11) is 0. The third kappa shape index (κ3) is 3.84. The lowest BCUT2D eigenvalue weighted by molar-refractivity contribution is 0.197. The SMILES string of the molecule is CC1=CC(OCc2ccc(F)cc2F)=C(Br)CN1Cc1ccn[nH]1. The highest BCUT2D eigenvalue weighted by Gasteiger charge is 2.18. The van der Waals surface area contributed by atoms with Gasteiger partial charge in [-0.15, -0.1) is 0 Å². The first kappa shape index (κ1) is 16.7. The molecule has 24 heavy (non-hydrogen) atoms. The van der Waals surface area contributed by atoms with E-state index < -0.39 is 11.6 Å². The second-order valence-corrected chi connectivity index (χ2v) is 6.47. The number of halogens is 3. The van der Waals surface area contributed by atoms with Crippen LogP contribution >= 0.6 is 15.9 Å². The maximum absolute atomic E-state index is 13.7. The molecule has 0 fully saturated rings. The van der Waals surface area contributed by atoms with Gasteiger partial charge in [0.15, 0.2) is 0 Å². The first-order valence-corrected chi connectivity index (χ1v) is 8.19. The topological polar surface area (TPSA) is 41.1 Å². The fourth-order valence-corrected chi connectivity index (χ4v) is 2.93. The van der Waals surface area contributed by atoms with E-state index in [4.69, 9.17) is 4.74 Å². The van der Waals surface area contributed by atoms with Crippen molar-refractivity contribution in [3.05, 3.63) is 75.4 Å². The number of allylic oxidation sites excluding steroid dienone is 2. The molecule has 0 amide bonds. The maximum atomic E-state index is 13.7. The summed E-state index contributed by atoms with van der Waals surface area (Å²) in [5.74, 6) is -0.555. The monoisotopic (exact) mass is 395 g/mol. The second kappa shape index (κ2) is 7.17. The molecule has 1 aliphatic heterocycles. The number of nitrogens with one attached hydrogen (secondary N) is 1. The van der Waals surface area contributed by atoms with E-state index in [1.54, 1.807) is 6.20 Å². The Bertz CT molecular complexity index is 787. The molecule has 0 bridgehead atoms. The summed E-state index contributed by atoms with van der Waals surface area (Å²) in [5, 5.41) is 6.88. The maximum Gasteiger partial charge on any atom is 0.133 e. The molecule has 0 aliphatic carbocycles. The molecule has 0 spiro atoms. The van der Waals surface area contributed by atoms with Crippen LogP contribution in [-0.2, 0) is 17.9 Å². The van der Waals surface area contributed by atoms with Gasteiger partial charge in [0.2, 0.25) is 0 Å². The van der Waals surface area contributed by atoms with Crippen molar-refractivity contribution in [1.29, 1.82) is 0 Å². The van der Waals surface area contributed by atoms with Gasteiger partial charge >= 0.3 is 0 Å². The Labute approximate surface area is 146 Å². The van der Waals surface area contributed by atoms with Crippen LogP contribution in [0, 0.1) is 11.6 Å². The lowest BCUT2D eigenvalue weighted by Gasteiger charge is -2.29. The number of aromatic nitrogens is 2. The van der Waals surface area contributed by atoms with Gasteiger partial charge in [-0.05, 0) is 47.1 Å². The molecule has 126 valence electrons. The fourth-order valence-electron chi connectivity index (χ4n) is 2.40. The van der Waals surface area contributed by atoms with E-state index in [9.17, 15) is 8.78 Å². The third-order valence-corrected chi connectivity index (χ3v) is 4.40. The zero-order valence-corrected chi connectivity index (χ0v) is 14.6. The molecule has 0 radical (unpaired) electrons. The van der Waals surface area contributed by atoms with Crippen LogP contribution in [0.3, 0.4) is 0 Å². The summed E-state index contributed by atoms with van der Waals surface area (Å²) in [6.45, 7) is 3.37. The van der Waals surface area contributed by atoms with E-state index in [1.807, 2.05) is 19.1 Å². The molecule has 7 heteroatoms. The van der Waals surface area contributed by atoms with Crippen molar-refractivity contribution in [2.24, 2.45) is 0 Å². The number of rotatable bonds is 5. The Hall–Kier alpha value is -2.15.